The van der Waals surface area contributed by atoms with Gasteiger partial charge in [-0.2, -0.15) is 0 Å². The first-order chi connectivity index (χ1) is 8.42. The molecule has 1 N–H and O–H groups in total. The van der Waals surface area contributed by atoms with E-state index in [2.05, 4.69) is 10.2 Å². The van der Waals surface area contributed by atoms with E-state index in [1.807, 2.05) is 0 Å². The highest BCUT2D eigenvalue weighted by atomic mass is 15.2. The molecule has 1 unspecified atom stereocenters. The number of likely N-dealkylation sites (tertiary alicyclic amines) is 1. The molecule has 3 rings (SSSR count). The van der Waals surface area contributed by atoms with E-state index in [-0.39, 0.29) is 0 Å². The van der Waals surface area contributed by atoms with Crippen molar-refractivity contribution in [3.05, 3.63) is 0 Å². The van der Waals surface area contributed by atoms with Gasteiger partial charge in [-0.3, -0.25) is 0 Å². The lowest BCUT2D eigenvalue weighted by Crippen LogP contribution is -2.34. The summed E-state index contributed by atoms with van der Waals surface area (Å²) in [5.74, 6) is 0.943. The van der Waals surface area contributed by atoms with Crippen molar-refractivity contribution < 1.29 is 0 Å². The monoisotopic (exact) mass is 236 g/mol. The summed E-state index contributed by atoms with van der Waals surface area (Å²) < 4.78 is 0. The van der Waals surface area contributed by atoms with Crippen LogP contribution in [0.3, 0.4) is 0 Å². The minimum absolute atomic E-state index is 0.840. The third-order valence-electron chi connectivity index (χ3n) is 4.93. The summed E-state index contributed by atoms with van der Waals surface area (Å²) in [7, 11) is 0. The number of nitrogens with one attached hydrogen (secondary N) is 1. The highest BCUT2D eigenvalue weighted by molar-refractivity contribution is 4.90. The zero-order valence-corrected chi connectivity index (χ0v) is 11.2. The van der Waals surface area contributed by atoms with Crippen LogP contribution in [0, 0.1) is 5.92 Å². The smallest absolute Gasteiger partial charge is 0.00965 e. The standard InChI is InChI=1S/C15H28N2/c1-2-4-6-14(5-3-1)16-11-13-9-10-17(12-13)15-7-8-15/h13-16H,1-12H2. The quantitative estimate of drug-likeness (QED) is 0.755. The van der Waals surface area contributed by atoms with E-state index in [4.69, 9.17) is 0 Å². The molecule has 2 nitrogen and oxygen atoms in total. The molecule has 0 aromatic heterocycles. The normalized spacial score (nSPS) is 32.8. The summed E-state index contributed by atoms with van der Waals surface area (Å²) in [5.41, 5.74) is 0. The van der Waals surface area contributed by atoms with Gasteiger partial charge in [-0.1, -0.05) is 25.7 Å². The summed E-state index contributed by atoms with van der Waals surface area (Å²) in [6.07, 6.45) is 13.1. The second-order valence-corrected chi connectivity index (χ2v) is 6.48. The summed E-state index contributed by atoms with van der Waals surface area (Å²) in [5, 5.41) is 3.86. The maximum atomic E-state index is 3.86. The first-order valence-corrected chi connectivity index (χ1v) is 7.89. The topological polar surface area (TPSA) is 15.3 Å². The van der Waals surface area contributed by atoms with Crippen LogP contribution in [0.1, 0.15) is 57.8 Å². The predicted molar refractivity (Wildman–Crippen MR) is 72.2 cm³/mol. The second-order valence-electron chi connectivity index (χ2n) is 6.48. The Hall–Kier alpha value is -0.0800. The van der Waals surface area contributed by atoms with Gasteiger partial charge in [-0.25, -0.2) is 0 Å². The Labute approximate surface area is 106 Å². The van der Waals surface area contributed by atoms with Crippen molar-refractivity contribution in [2.24, 2.45) is 5.92 Å². The Kier molecular flexibility index (Phi) is 4.02. The van der Waals surface area contributed by atoms with Crippen LogP contribution in [-0.2, 0) is 0 Å². The Morgan fingerprint density at radius 2 is 1.65 bits per heavy atom. The molecule has 1 heterocycles. The fraction of sp³-hybridized carbons (Fsp3) is 1.00. The van der Waals surface area contributed by atoms with E-state index in [9.17, 15) is 0 Å². The molecule has 0 aromatic carbocycles. The molecule has 17 heavy (non-hydrogen) atoms. The lowest BCUT2D eigenvalue weighted by atomic mass is 10.1. The minimum Gasteiger partial charge on any atom is -0.314 e. The van der Waals surface area contributed by atoms with Gasteiger partial charge in [-0.05, 0) is 51.1 Å². The van der Waals surface area contributed by atoms with Gasteiger partial charge in [0.25, 0.3) is 0 Å². The van der Waals surface area contributed by atoms with Crippen LogP contribution in [0.25, 0.3) is 0 Å². The number of rotatable bonds is 4. The van der Waals surface area contributed by atoms with Crippen molar-refractivity contribution in [3.8, 4) is 0 Å². The maximum absolute atomic E-state index is 3.86. The molecule has 0 amide bonds. The molecule has 0 radical (unpaired) electrons. The summed E-state index contributed by atoms with van der Waals surface area (Å²) in [6, 6.07) is 1.82. The van der Waals surface area contributed by atoms with E-state index in [1.54, 1.807) is 0 Å². The second kappa shape index (κ2) is 5.71. The molecular formula is C15H28N2. The minimum atomic E-state index is 0.840. The zero-order chi connectivity index (χ0) is 11.5. The van der Waals surface area contributed by atoms with Gasteiger partial charge in [0.2, 0.25) is 0 Å². The van der Waals surface area contributed by atoms with Crippen molar-refractivity contribution in [1.29, 1.82) is 0 Å². The molecule has 2 saturated carbocycles. The third-order valence-corrected chi connectivity index (χ3v) is 4.93. The Bertz CT molecular complexity index is 229. The van der Waals surface area contributed by atoms with Crippen molar-refractivity contribution in [3.63, 3.8) is 0 Å². The molecule has 3 fully saturated rings. The van der Waals surface area contributed by atoms with Crippen LogP contribution in [0.5, 0.6) is 0 Å². The van der Waals surface area contributed by atoms with Gasteiger partial charge in [0.15, 0.2) is 0 Å². The Morgan fingerprint density at radius 3 is 2.35 bits per heavy atom. The first kappa shape index (κ1) is 12.0. The lowest BCUT2D eigenvalue weighted by Gasteiger charge is -2.20. The van der Waals surface area contributed by atoms with E-state index in [0.29, 0.717) is 0 Å². The average molecular weight is 236 g/mol. The summed E-state index contributed by atoms with van der Waals surface area (Å²) >= 11 is 0. The lowest BCUT2D eigenvalue weighted by molar-refractivity contribution is 0.307. The van der Waals surface area contributed by atoms with Crippen molar-refractivity contribution in [2.45, 2.75) is 69.9 Å². The van der Waals surface area contributed by atoms with Gasteiger partial charge in [-0.15, -0.1) is 0 Å². The van der Waals surface area contributed by atoms with Crippen LogP contribution in [0.15, 0.2) is 0 Å². The highest BCUT2D eigenvalue weighted by Crippen LogP contribution is 2.31. The molecule has 0 bridgehead atoms. The summed E-state index contributed by atoms with van der Waals surface area (Å²) in [4.78, 5) is 2.74. The van der Waals surface area contributed by atoms with Crippen LogP contribution in [0.4, 0.5) is 0 Å². The van der Waals surface area contributed by atoms with Crippen molar-refractivity contribution in [2.75, 3.05) is 19.6 Å². The van der Waals surface area contributed by atoms with Gasteiger partial charge >= 0.3 is 0 Å². The molecule has 2 heteroatoms. The number of hydrogen-bond acceptors (Lipinski definition) is 2. The number of nitrogens with zero attached hydrogens (tertiary/aromatic N) is 1. The maximum Gasteiger partial charge on any atom is 0.00965 e. The Balaban J connectivity index is 1.36. The van der Waals surface area contributed by atoms with E-state index < -0.39 is 0 Å². The molecule has 1 aliphatic heterocycles. The van der Waals surface area contributed by atoms with Crippen LogP contribution < -0.4 is 5.32 Å². The van der Waals surface area contributed by atoms with E-state index in [0.717, 1.165) is 18.0 Å². The van der Waals surface area contributed by atoms with Crippen LogP contribution >= 0.6 is 0 Å². The summed E-state index contributed by atoms with van der Waals surface area (Å²) in [6.45, 7) is 4.04. The molecule has 1 saturated heterocycles. The third kappa shape index (κ3) is 3.45. The fourth-order valence-electron chi connectivity index (χ4n) is 3.62. The van der Waals surface area contributed by atoms with Crippen molar-refractivity contribution >= 4 is 0 Å². The SMILES string of the molecule is C1CCCC(NCC2CCN(C3CC3)C2)CC1. The molecule has 0 spiro atoms. The van der Waals surface area contributed by atoms with E-state index in [1.165, 1.54) is 77.4 Å². The first-order valence-electron chi connectivity index (χ1n) is 7.89. The molecule has 1 atom stereocenters. The zero-order valence-electron chi connectivity index (χ0n) is 11.2. The van der Waals surface area contributed by atoms with Crippen LogP contribution in [-0.4, -0.2) is 36.6 Å². The molecule has 0 aromatic rings. The van der Waals surface area contributed by atoms with E-state index >= 15 is 0 Å². The average Bonchev–Trinajstić information content (AvgIpc) is 3.13. The molecule has 2 aliphatic carbocycles. The molecular weight excluding hydrogens is 208 g/mol. The van der Waals surface area contributed by atoms with Gasteiger partial charge in [0.1, 0.15) is 0 Å². The number of hydrogen-bond donors (Lipinski definition) is 1. The van der Waals surface area contributed by atoms with Gasteiger partial charge in [0.05, 0.1) is 0 Å². The van der Waals surface area contributed by atoms with Gasteiger partial charge < -0.3 is 10.2 Å². The van der Waals surface area contributed by atoms with Gasteiger partial charge in [0, 0.05) is 18.6 Å². The predicted octanol–water partition coefficient (Wildman–Crippen LogP) is 2.78. The van der Waals surface area contributed by atoms with Crippen molar-refractivity contribution in [1.82, 2.24) is 10.2 Å². The Morgan fingerprint density at radius 1 is 0.882 bits per heavy atom. The van der Waals surface area contributed by atoms with Crippen LogP contribution in [0.2, 0.25) is 0 Å². The molecule has 98 valence electrons. The highest BCUT2D eigenvalue weighted by Gasteiger charge is 2.34. The molecule has 3 aliphatic rings. The largest absolute Gasteiger partial charge is 0.314 e. The fourth-order valence-corrected chi connectivity index (χ4v) is 3.62.